The monoisotopic (exact) mass is 302 g/mol. The highest BCUT2D eigenvalue weighted by atomic mass is 35.5. The number of carboxylic acids is 1. The zero-order valence-corrected chi connectivity index (χ0v) is 11.9. The van der Waals surface area contributed by atoms with Gasteiger partial charge in [0, 0.05) is 10.7 Å². The highest BCUT2D eigenvalue weighted by molar-refractivity contribution is 7.98. The van der Waals surface area contributed by atoms with Crippen LogP contribution in [0.1, 0.15) is 6.42 Å². The minimum atomic E-state index is -1.05. The first-order valence-electron chi connectivity index (χ1n) is 5.57. The van der Waals surface area contributed by atoms with E-state index in [2.05, 4.69) is 10.6 Å². The number of anilines is 1. The molecule has 1 rings (SSSR count). The third-order valence-electron chi connectivity index (χ3n) is 2.30. The summed E-state index contributed by atoms with van der Waals surface area (Å²) in [4.78, 5) is 22.6. The number of rotatable bonds is 6. The first kappa shape index (κ1) is 15.7. The van der Waals surface area contributed by atoms with Crippen molar-refractivity contribution in [3.63, 3.8) is 0 Å². The first-order chi connectivity index (χ1) is 9.02. The van der Waals surface area contributed by atoms with E-state index < -0.39 is 18.0 Å². The van der Waals surface area contributed by atoms with Gasteiger partial charge in [-0.2, -0.15) is 11.8 Å². The van der Waals surface area contributed by atoms with Crippen molar-refractivity contribution in [1.29, 1.82) is 0 Å². The maximum absolute atomic E-state index is 11.7. The van der Waals surface area contributed by atoms with Crippen LogP contribution in [0.2, 0.25) is 5.02 Å². The zero-order chi connectivity index (χ0) is 14.3. The number of benzene rings is 1. The summed E-state index contributed by atoms with van der Waals surface area (Å²) >= 11 is 7.31. The van der Waals surface area contributed by atoms with Crippen LogP contribution in [-0.2, 0) is 4.79 Å². The van der Waals surface area contributed by atoms with Gasteiger partial charge in [-0.3, -0.25) is 0 Å². The molecule has 1 aromatic carbocycles. The Morgan fingerprint density at radius 1 is 1.47 bits per heavy atom. The Bertz CT molecular complexity index is 456. The van der Waals surface area contributed by atoms with Gasteiger partial charge < -0.3 is 15.7 Å². The fraction of sp³-hybridized carbons (Fsp3) is 0.333. The van der Waals surface area contributed by atoms with Crippen LogP contribution in [0.3, 0.4) is 0 Å². The summed E-state index contributed by atoms with van der Waals surface area (Å²) < 4.78 is 0. The second-order valence-corrected chi connectivity index (χ2v) is 5.20. The first-order valence-corrected chi connectivity index (χ1v) is 7.35. The van der Waals surface area contributed by atoms with Gasteiger partial charge in [0.05, 0.1) is 0 Å². The molecule has 19 heavy (non-hydrogen) atoms. The number of urea groups is 1. The number of carbonyl (C=O) groups is 2. The van der Waals surface area contributed by atoms with Crippen molar-refractivity contribution in [3.8, 4) is 0 Å². The van der Waals surface area contributed by atoms with Crippen LogP contribution in [-0.4, -0.2) is 35.2 Å². The van der Waals surface area contributed by atoms with Gasteiger partial charge in [0.2, 0.25) is 0 Å². The van der Waals surface area contributed by atoms with Gasteiger partial charge >= 0.3 is 12.0 Å². The number of hydrogen-bond acceptors (Lipinski definition) is 3. The predicted molar refractivity (Wildman–Crippen MR) is 78.0 cm³/mol. The molecule has 7 heteroatoms. The molecule has 1 aromatic rings. The number of thioether (sulfide) groups is 1. The van der Waals surface area contributed by atoms with Gasteiger partial charge in [0.1, 0.15) is 6.04 Å². The molecule has 0 aliphatic carbocycles. The van der Waals surface area contributed by atoms with Crippen molar-refractivity contribution in [2.24, 2.45) is 0 Å². The molecule has 0 saturated carbocycles. The molecule has 5 nitrogen and oxygen atoms in total. The van der Waals surface area contributed by atoms with E-state index in [-0.39, 0.29) is 0 Å². The second-order valence-electron chi connectivity index (χ2n) is 3.78. The van der Waals surface area contributed by atoms with E-state index in [1.54, 1.807) is 24.3 Å². The summed E-state index contributed by atoms with van der Waals surface area (Å²) in [6.45, 7) is 0. The summed E-state index contributed by atoms with van der Waals surface area (Å²) in [6.07, 6.45) is 2.25. The van der Waals surface area contributed by atoms with Crippen LogP contribution in [0.25, 0.3) is 0 Å². The molecule has 0 aromatic heterocycles. The lowest BCUT2D eigenvalue weighted by atomic mass is 10.2. The Kier molecular flexibility index (Phi) is 6.52. The fourth-order valence-electron chi connectivity index (χ4n) is 1.38. The summed E-state index contributed by atoms with van der Waals surface area (Å²) in [5, 5.41) is 14.4. The van der Waals surface area contributed by atoms with E-state index in [1.165, 1.54) is 11.8 Å². The minimum Gasteiger partial charge on any atom is -0.480 e. The SMILES string of the molecule is CSCCC(NC(=O)Nc1cccc(Cl)c1)C(=O)O. The topological polar surface area (TPSA) is 78.4 Å². The molecule has 0 aliphatic rings. The maximum Gasteiger partial charge on any atom is 0.326 e. The van der Waals surface area contributed by atoms with E-state index in [0.717, 1.165) is 0 Å². The number of carbonyl (C=O) groups excluding carboxylic acids is 1. The lowest BCUT2D eigenvalue weighted by Crippen LogP contribution is -2.43. The Labute approximate surface area is 120 Å². The van der Waals surface area contributed by atoms with Gasteiger partial charge in [-0.1, -0.05) is 17.7 Å². The Morgan fingerprint density at radius 2 is 2.21 bits per heavy atom. The Morgan fingerprint density at radius 3 is 2.79 bits per heavy atom. The van der Waals surface area contributed by atoms with Gasteiger partial charge in [0.25, 0.3) is 0 Å². The molecule has 0 aliphatic heterocycles. The van der Waals surface area contributed by atoms with Crippen LogP contribution in [0.5, 0.6) is 0 Å². The largest absolute Gasteiger partial charge is 0.480 e. The molecule has 0 radical (unpaired) electrons. The highest BCUT2D eigenvalue weighted by Gasteiger charge is 2.19. The number of carboxylic acid groups (broad SMARTS) is 1. The number of halogens is 1. The van der Waals surface area contributed by atoms with E-state index >= 15 is 0 Å². The molecule has 0 bridgehead atoms. The molecule has 3 N–H and O–H groups in total. The maximum atomic E-state index is 11.7. The Balaban J connectivity index is 2.55. The number of hydrogen-bond donors (Lipinski definition) is 3. The third-order valence-corrected chi connectivity index (χ3v) is 3.18. The summed E-state index contributed by atoms with van der Waals surface area (Å²) in [7, 11) is 0. The number of amides is 2. The fourth-order valence-corrected chi connectivity index (χ4v) is 2.05. The van der Waals surface area contributed by atoms with Crippen LogP contribution in [0.4, 0.5) is 10.5 Å². The van der Waals surface area contributed by atoms with Gasteiger partial charge in [-0.05, 0) is 36.6 Å². The van der Waals surface area contributed by atoms with Crippen molar-refractivity contribution in [2.75, 3.05) is 17.3 Å². The standard InChI is InChI=1S/C12H15ClN2O3S/c1-19-6-5-10(11(16)17)15-12(18)14-9-4-2-3-8(13)7-9/h2-4,7,10H,5-6H2,1H3,(H,16,17)(H2,14,15,18). The van der Waals surface area contributed by atoms with Gasteiger partial charge in [-0.25, -0.2) is 9.59 Å². The van der Waals surface area contributed by atoms with Crippen molar-refractivity contribution in [3.05, 3.63) is 29.3 Å². The summed E-state index contributed by atoms with van der Waals surface area (Å²) in [5.41, 5.74) is 0.513. The van der Waals surface area contributed by atoms with Crippen molar-refractivity contribution in [2.45, 2.75) is 12.5 Å². The molecule has 0 fully saturated rings. The van der Waals surface area contributed by atoms with Crippen LogP contribution >= 0.6 is 23.4 Å². The van der Waals surface area contributed by atoms with Crippen molar-refractivity contribution >= 4 is 41.1 Å². The zero-order valence-electron chi connectivity index (χ0n) is 10.4. The molecule has 2 amide bonds. The van der Waals surface area contributed by atoms with E-state index in [9.17, 15) is 9.59 Å². The third kappa shape index (κ3) is 5.85. The van der Waals surface area contributed by atoms with E-state index in [4.69, 9.17) is 16.7 Å². The lowest BCUT2D eigenvalue weighted by Gasteiger charge is -2.14. The quantitative estimate of drug-likeness (QED) is 0.755. The molecular weight excluding hydrogens is 288 g/mol. The molecule has 1 unspecified atom stereocenters. The van der Waals surface area contributed by atoms with E-state index in [0.29, 0.717) is 22.9 Å². The molecular formula is C12H15ClN2O3S. The molecule has 104 valence electrons. The molecule has 0 spiro atoms. The van der Waals surface area contributed by atoms with Gasteiger partial charge in [-0.15, -0.1) is 0 Å². The van der Waals surface area contributed by atoms with E-state index in [1.807, 2.05) is 6.26 Å². The predicted octanol–water partition coefficient (Wildman–Crippen LogP) is 2.67. The average Bonchev–Trinajstić information content (AvgIpc) is 2.34. The summed E-state index contributed by atoms with van der Waals surface area (Å²) in [5.74, 6) is -0.385. The van der Waals surface area contributed by atoms with Crippen LogP contribution in [0.15, 0.2) is 24.3 Å². The van der Waals surface area contributed by atoms with Crippen molar-refractivity contribution < 1.29 is 14.7 Å². The van der Waals surface area contributed by atoms with Crippen molar-refractivity contribution in [1.82, 2.24) is 5.32 Å². The number of nitrogens with one attached hydrogen (secondary N) is 2. The van der Waals surface area contributed by atoms with Gasteiger partial charge in [0.15, 0.2) is 0 Å². The average molecular weight is 303 g/mol. The lowest BCUT2D eigenvalue weighted by molar-refractivity contribution is -0.139. The normalized spacial score (nSPS) is 11.7. The Hall–Kier alpha value is -1.40. The highest BCUT2D eigenvalue weighted by Crippen LogP contribution is 2.14. The minimum absolute atomic E-state index is 0.374. The molecule has 0 heterocycles. The smallest absolute Gasteiger partial charge is 0.326 e. The summed E-state index contributed by atoms with van der Waals surface area (Å²) in [6, 6.07) is 5.17. The second kappa shape index (κ2) is 7.91. The molecule has 0 saturated heterocycles. The van der Waals surface area contributed by atoms with Crippen LogP contribution in [0, 0.1) is 0 Å². The molecule has 1 atom stereocenters. The number of aliphatic carboxylic acids is 1. The van der Waals surface area contributed by atoms with Crippen LogP contribution < -0.4 is 10.6 Å².